The van der Waals surface area contributed by atoms with Crippen LogP contribution >= 0.6 is 11.6 Å². The normalized spacial score (nSPS) is 16.6. The van der Waals surface area contributed by atoms with Crippen LogP contribution in [0.5, 0.6) is 5.75 Å². The number of carboxylic acid groups (broad SMARTS) is 1. The molecule has 0 saturated carbocycles. The SMILES string of the molecule is Cc1c(CCC(=O)O)ccc(OCC2=C(c3ccc(Cl)cc3)CCC2C(C)(F)F)c1C. The highest BCUT2D eigenvalue weighted by molar-refractivity contribution is 6.30. The van der Waals surface area contributed by atoms with Gasteiger partial charge in [0.25, 0.3) is 5.92 Å². The molecule has 0 fully saturated rings. The molecule has 166 valence electrons. The van der Waals surface area contributed by atoms with Crippen molar-refractivity contribution in [3.63, 3.8) is 0 Å². The van der Waals surface area contributed by atoms with E-state index in [9.17, 15) is 13.6 Å². The maximum Gasteiger partial charge on any atom is 0.303 e. The van der Waals surface area contributed by atoms with Crippen molar-refractivity contribution in [1.82, 2.24) is 0 Å². The number of carboxylic acids is 1. The summed E-state index contributed by atoms with van der Waals surface area (Å²) >= 11 is 5.99. The summed E-state index contributed by atoms with van der Waals surface area (Å²) in [6, 6.07) is 10.9. The van der Waals surface area contributed by atoms with Crippen molar-refractivity contribution in [2.24, 2.45) is 5.92 Å². The number of allylic oxidation sites excluding steroid dienone is 1. The van der Waals surface area contributed by atoms with E-state index in [4.69, 9.17) is 21.4 Å². The van der Waals surface area contributed by atoms with E-state index in [-0.39, 0.29) is 13.0 Å². The molecule has 1 N–H and O–H groups in total. The van der Waals surface area contributed by atoms with E-state index in [1.54, 1.807) is 18.2 Å². The molecule has 0 aliphatic heterocycles. The van der Waals surface area contributed by atoms with Crippen LogP contribution in [0.25, 0.3) is 5.57 Å². The van der Waals surface area contributed by atoms with Gasteiger partial charge in [0.1, 0.15) is 12.4 Å². The van der Waals surface area contributed by atoms with Crippen LogP contribution in [0, 0.1) is 19.8 Å². The topological polar surface area (TPSA) is 46.5 Å². The van der Waals surface area contributed by atoms with E-state index in [1.807, 2.05) is 32.0 Å². The molecule has 3 nitrogen and oxygen atoms in total. The summed E-state index contributed by atoms with van der Waals surface area (Å²) in [7, 11) is 0. The van der Waals surface area contributed by atoms with Crippen LogP contribution in [0.2, 0.25) is 5.02 Å². The van der Waals surface area contributed by atoms with Crippen molar-refractivity contribution in [1.29, 1.82) is 0 Å². The molecule has 0 radical (unpaired) electrons. The van der Waals surface area contributed by atoms with Crippen LogP contribution in [-0.4, -0.2) is 23.6 Å². The smallest absolute Gasteiger partial charge is 0.303 e. The Labute approximate surface area is 186 Å². The second-order valence-electron chi connectivity index (χ2n) is 8.21. The lowest BCUT2D eigenvalue weighted by molar-refractivity contribution is -0.136. The Hall–Kier alpha value is -2.40. The number of hydrogen-bond acceptors (Lipinski definition) is 2. The van der Waals surface area contributed by atoms with E-state index < -0.39 is 17.8 Å². The molecule has 0 spiro atoms. The average Bonchev–Trinajstić information content (AvgIpc) is 3.13. The van der Waals surface area contributed by atoms with Gasteiger partial charge in [-0.25, -0.2) is 8.78 Å². The highest BCUT2D eigenvalue weighted by atomic mass is 35.5. The fourth-order valence-electron chi connectivity index (χ4n) is 4.24. The largest absolute Gasteiger partial charge is 0.489 e. The molecular weight excluding hydrogens is 422 g/mol. The number of benzene rings is 2. The van der Waals surface area contributed by atoms with Crippen molar-refractivity contribution in [2.75, 3.05) is 6.61 Å². The number of aliphatic carboxylic acids is 1. The van der Waals surface area contributed by atoms with Gasteiger partial charge in [0.15, 0.2) is 0 Å². The lowest BCUT2D eigenvalue weighted by Gasteiger charge is -2.23. The number of carbonyl (C=O) groups is 1. The molecule has 0 heterocycles. The van der Waals surface area contributed by atoms with Crippen molar-refractivity contribution in [3.8, 4) is 5.75 Å². The summed E-state index contributed by atoms with van der Waals surface area (Å²) < 4.78 is 34.7. The number of rotatable bonds is 8. The summed E-state index contributed by atoms with van der Waals surface area (Å²) in [5.41, 5.74) is 5.24. The molecule has 0 saturated heterocycles. The third-order valence-corrected chi connectivity index (χ3v) is 6.39. The molecule has 1 aliphatic carbocycles. The summed E-state index contributed by atoms with van der Waals surface area (Å²) in [5.74, 6) is -3.91. The van der Waals surface area contributed by atoms with Gasteiger partial charge in [-0.2, -0.15) is 0 Å². The first-order valence-corrected chi connectivity index (χ1v) is 10.7. The standard InChI is InChI=1S/C25H27ClF2O3/c1-15-16(2)23(12-6-17(15)7-13-24(29)30)31-14-21-20(10-11-22(21)25(3,27)28)18-4-8-19(26)9-5-18/h4-6,8-9,12,22H,7,10-11,13-14H2,1-3H3,(H,29,30). The Morgan fingerprint density at radius 2 is 1.84 bits per heavy atom. The minimum absolute atomic E-state index is 0.0606. The molecule has 31 heavy (non-hydrogen) atoms. The Morgan fingerprint density at radius 3 is 2.45 bits per heavy atom. The minimum Gasteiger partial charge on any atom is -0.489 e. The highest BCUT2D eigenvalue weighted by Gasteiger charge is 2.41. The molecule has 0 amide bonds. The molecule has 1 atom stereocenters. The Kier molecular flexibility index (Phi) is 7.05. The number of alkyl halides is 2. The van der Waals surface area contributed by atoms with E-state index in [1.165, 1.54) is 0 Å². The molecule has 1 aliphatic rings. The summed E-state index contributed by atoms with van der Waals surface area (Å²) in [4.78, 5) is 10.9. The number of aryl methyl sites for hydroxylation is 1. The van der Waals surface area contributed by atoms with Gasteiger partial charge in [0.05, 0.1) is 0 Å². The van der Waals surface area contributed by atoms with Crippen molar-refractivity contribution in [2.45, 2.75) is 52.4 Å². The highest BCUT2D eigenvalue weighted by Crippen LogP contribution is 2.45. The van der Waals surface area contributed by atoms with Crippen molar-refractivity contribution in [3.05, 3.63) is 69.2 Å². The van der Waals surface area contributed by atoms with Crippen LogP contribution in [0.1, 0.15) is 48.4 Å². The fourth-order valence-corrected chi connectivity index (χ4v) is 4.36. The van der Waals surface area contributed by atoms with Crippen LogP contribution < -0.4 is 4.74 Å². The van der Waals surface area contributed by atoms with Gasteiger partial charge < -0.3 is 9.84 Å². The summed E-state index contributed by atoms with van der Waals surface area (Å²) in [6.45, 7) is 4.89. The minimum atomic E-state index is -2.83. The zero-order valence-corrected chi connectivity index (χ0v) is 18.7. The zero-order chi connectivity index (χ0) is 22.8. The van der Waals surface area contributed by atoms with E-state index in [0.717, 1.165) is 34.8 Å². The van der Waals surface area contributed by atoms with E-state index >= 15 is 0 Å². The summed E-state index contributed by atoms with van der Waals surface area (Å²) in [5, 5.41) is 9.52. The van der Waals surface area contributed by atoms with Crippen LogP contribution in [0.4, 0.5) is 8.78 Å². The maximum atomic E-state index is 14.3. The number of ether oxygens (including phenoxy) is 1. The average molecular weight is 449 g/mol. The molecule has 2 aromatic carbocycles. The Balaban J connectivity index is 1.87. The van der Waals surface area contributed by atoms with Crippen molar-refractivity contribution >= 4 is 23.1 Å². The monoisotopic (exact) mass is 448 g/mol. The number of hydrogen-bond donors (Lipinski definition) is 1. The third kappa shape index (κ3) is 5.45. The first kappa shape index (κ1) is 23.3. The van der Waals surface area contributed by atoms with Gasteiger partial charge in [-0.15, -0.1) is 0 Å². The Morgan fingerprint density at radius 1 is 1.16 bits per heavy atom. The van der Waals surface area contributed by atoms with E-state index in [0.29, 0.717) is 35.6 Å². The second kappa shape index (κ2) is 9.39. The van der Waals surface area contributed by atoms with Crippen molar-refractivity contribution < 1.29 is 23.4 Å². The van der Waals surface area contributed by atoms with Gasteiger partial charge in [-0.05, 0) is 91.6 Å². The predicted octanol–water partition coefficient (Wildman–Crippen LogP) is 6.87. The van der Waals surface area contributed by atoms with Crippen LogP contribution in [-0.2, 0) is 11.2 Å². The van der Waals surface area contributed by atoms with Gasteiger partial charge in [0, 0.05) is 17.4 Å². The number of halogens is 3. The first-order chi connectivity index (χ1) is 14.6. The second-order valence-corrected chi connectivity index (χ2v) is 8.65. The molecule has 2 aromatic rings. The molecule has 3 rings (SSSR count). The van der Waals surface area contributed by atoms with Gasteiger partial charge >= 0.3 is 5.97 Å². The molecule has 0 aromatic heterocycles. The zero-order valence-electron chi connectivity index (χ0n) is 18.0. The van der Waals surface area contributed by atoms with Gasteiger partial charge in [0.2, 0.25) is 0 Å². The van der Waals surface area contributed by atoms with Gasteiger partial charge in [-0.3, -0.25) is 4.79 Å². The predicted molar refractivity (Wildman–Crippen MR) is 119 cm³/mol. The lowest BCUT2D eigenvalue weighted by Crippen LogP contribution is -2.26. The Bertz CT molecular complexity index is 991. The summed E-state index contributed by atoms with van der Waals surface area (Å²) in [6.07, 6.45) is 1.45. The van der Waals surface area contributed by atoms with Crippen LogP contribution in [0.15, 0.2) is 42.0 Å². The maximum absolute atomic E-state index is 14.3. The molecule has 1 unspecified atom stereocenters. The first-order valence-electron chi connectivity index (χ1n) is 10.4. The quantitative estimate of drug-likeness (QED) is 0.479. The molecular formula is C25H27ClF2O3. The molecule has 6 heteroatoms. The fraction of sp³-hybridized carbons (Fsp3) is 0.400. The van der Waals surface area contributed by atoms with E-state index in [2.05, 4.69) is 0 Å². The third-order valence-electron chi connectivity index (χ3n) is 6.14. The van der Waals surface area contributed by atoms with Crippen LogP contribution in [0.3, 0.4) is 0 Å². The lowest BCUT2D eigenvalue weighted by atomic mass is 9.93. The van der Waals surface area contributed by atoms with Gasteiger partial charge in [-0.1, -0.05) is 29.8 Å². The molecule has 0 bridgehead atoms.